The van der Waals surface area contributed by atoms with E-state index >= 15 is 0 Å². The van der Waals surface area contributed by atoms with Crippen molar-refractivity contribution in [2.75, 3.05) is 18.1 Å². The van der Waals surface area contributed by atoms with Crippen LogP contribution in [-0.2, 0) is 14.8 Å². The molecule has 3 aromatic rings. The lowest BCUT2D eigenvalue weighted by Gasteiger charge is -2.43. The number of ether oxygens (including phenoxy) is 3. The molecule has 5 rings (SSSR count). The molecule has 0 unspecified atom stereocenters. The molecule has 2 aliphatic rings. The molecule has 2 aliphatic heterocycles. The van der Waals surface area contributed by atoms with Crippen LogP contribution >= 0.6 is 0 Å². The van der Waals surface area contributed by atoms with Crippen LogP contribution < -0.4 is 19.1 Å². The quantitative estimate of drug-likeness (QED) is 0.473. The Bertz CT molecular complexity index is 1400. The molecule has 0 radical (unpaired) electrons. The Hall–Kier alpha value is -3.46. The molecule has 0 aliphatic carbocycles. The summed E-state index contributed by atoms with van der Waals surface area (Å²) in [6.07, 6.45) is -4.80. The van der Waals surface area contributed by atoms with E-state index in [-0.39, 0.29) is 29.6 Å². The van der Waals surface area contributed by atoms with Crippen LogP contribution in [0.15, 0.2) is 65.7 Å². The minimum Gasteiger partial charge on any atom is -0.451 e. The third-order valence-electron chi connectivity index (χ3n) is 5.78. The lowest BCUT2D eigenvalue weighted by Crippen LogP contribution is -2.60. The second-order valence-corrected chi connectivity index (χ2v) is 9.97. The number of aromatic nitrogens is 1. The summed E-state index contributed by atoms with van der Waals surface area (Å²) in [4.78, 5) is 5.49. The second kappa shape index (κ2) is 9.45. The maximum Gasteiger partial charge on any atom is 0.573 e. The van der Waals surface area contributed by atoms with Crippen LogP contribution in [0.4, 0.5) is 29.1 Å². The third-order valence-corrected chi connectivity index (χ3v) is 7.28. The minimum absolute atomic E-state index is 0.0468. The first-order chi connectivity index (χ1) is 17.5. The maximum absolute atomic E-state index is 14.2. The van der Waals surface area contributed by atoms with Gasteiger partial charge < -0.3 is 24.2 Å². The van der Waals surface area contributed by atoms with E-state index in [2.05, 4.69) is 14.4 Å². The van der Waals surface area contributed by atoms with E-state index in [0.717, 1.165) is 24.3 Å². The molecular formula is C23H19F4N3O6S. The highest BCUT2D eigenvalue weighted by Crippen LogP contribution is 2.47. The van der Waals surface area contributed by atoms with Gasteiger partial charge in [-0.2, -0.15) is 0 Å². The van der Waals surface area contributed by atoms with Gasteiger partial charge in [0, 0.05) is 12.3 Å². The highest BCUT2D eigenvalue weighted by molar-refractivity contribution is 7.89. The van der Waals surface area contributed by atoms with Crippen LogP contribution in [0.3, 0.4) is 0 Å². The molecule has 1 saturated heterocycles. The standard InChI is InChI=1S/C23H19F4N3O6S/c24-13-3-8-19-17(10-13)30(22-20(35-19)2-1-9-28-22)18-12-34-11-16(21(18)31)29-37(32,33)15-6-4-14(5-7-15)36-23(25,26)27/h1-10,16,18,21,29,31H,11-12H2/t16-,18+,21+/m0/s1. The SMILES string of the molecule is O=S(=O)(N[C@H]1COC[C@@H](N2c3cc(F)ccc3Oc3cccnc32)[C@@H]1O)c1ccc(OC(F)(F)F)cc1. The highest BCUT2D eigenvalue weighted by atomic mass is 32.2. The summed E-state index contributed by atoms with van der Waals surface area (Å²) < 4.78 is 94.7. The van der Waals surface area contributed by atoms with Crippen molar-refractivity contribution in [1.82, 2.24) is 9.71 Å². The Morgan fingerprint density at radius 2 is 1.84 bits per heavy atom. The van der Waals surface area contributed by atoms with Crippen LogP contribution in [0.5, 0.6) is 17.2 Å². The first kappa shape index (κ1) is 25.2. The summed E-state index contributed by atoms with van der Waals surface area (Å²) >= 11 is 0. The Labute approximate surface area is 208 Å². The van der Waals surface area contributed by atoms with Crippen LogP contribution in [0.1, 0.15) is 0 Å². The monoisotopic (exact) mass is 541 g/mol. The molecule has 0 bridgehead atoms. The van der Waals surface area contributed by atoms with Gasteiger partial charge in [0.25, 0.3) is 0 Å². The van der Waals surface area contributed by atoms with E-state index in [4.69, 9.17) is 9.47 Å². The Morgan fingerprint density at radius 3 is 2.57 bits per heavy atom. The predicted molar refractivity (Wildman–Crippen MR) is 121 cm³/mol. The molecule has 3 atom stereocenters. The summed E-state index contributed by atoms with van der Waals surface area (Å²) in [6.45, 7) is -0.240. The van der Waals surface area contributed by atoms with Crippen LogP contribution in [0.25, 0.3) is 0 Å². The fourth-order valence-electron chi connectivity index (χ4n) is 4.18. The number of alkyl halides is 3. The number of sulfonamides is 1. The van der Waals surface area contributed by atoms with E-state index in [1.54, 1.807) is 12.1 Å². The number of halogens is 4. The average Bonchev–Trinajstić information content (AvgIpc) is 2.83. The topological polar surface area (TPSA) is 110 Å². The number of hydrogen-bond acceptors (Lipinski definition) is 8. The summed E-state index contributed by atoms with van der Waals surface area (Å²) in [6, 6.07) is 8.69. The molecule has 0 saturated carbocycles. The molecule has 196 valence electrons. The fourth-order valence-corrected chi connectivity index (χ4v) is 5.41. The average molecular weight is 541 g/mol. The van der Waals surface area contributed by atoms with Gasteiger partial charge >= 0.3 is 6.36 Å². The van der Waals surface area contributed by atoms with Gasteiger partial charge in [-0.1, -0.05) is 0 Å². The first-order valence-electron chi connectivity index (χ1n) is 10.9. The number of nitrogens with zero attached hydrogens (tertiary/aromatic N) is 2. The number of fused-ring (bicyclic) bond motifs is 2. The van der Waals surface area contributed by atoms with E-state index in [1.807, 2.05) is 0 Å². The van der Waals surface area contributed by atoms with Crippen molar-refractivity contribution in [3.8, 4) is 17.2 Å². The van der Waals surface area contributed by atoms with E-state index in [9.17, 15) is 31.1 Å². The summed E-state index contributed by atoms with van der Waals surface area (Å²) in [5, 5.41) is 11.2. The zero-order valence-electron chi connectivity index (χ0n) is 18.7. The zero-order valence-corrected chi connectivity index (χ0v) is 19.5. The molecule has 0 amide bonds. The maximum atomic E-state index is 14.2. The molecule has 2 N–H and O–H groups in total. The number of rotatable bonds is 5. The lowest BCUT2D eigenvalue weighted by atomic mass is 9.99. The van der Waals surface area contributed by atoms with Crippen molar-refractivity contribution in [2.24, 2.45) is 0 Å². The summed E-state index contributed by atoms with van der Waals surface area (Å²) in [5.74, 6) is -0.224. The molecule has 1 fully saturated rings. The number of aliphatic hydroxyl groups excluding tert-OH is 1. The van der Waals surface area contributed by atoms with Gasteiger partial charge in [0.2, 0.25) is 10.0 Å². The van der Waals surface area contributed by atoms with Crippen molar-refractivity contribution >= 4 is 21.5 Å². The second-order valence-electron chi connectivity index (χ2n) is 8.25. The Kier molecular flexibility index (Phi) is 6.43. The predicted octanol–water partition coefficient (Wildman–Crippen LogP) is 3.47. The van der Waals surface area contributed by atoms with Gasteiger partial charge in [-0.3, -0.25) is 0 Å². The number of benzene rings is 2. The highest BCUT2D eigenvalue weighted by Gasteiger charge is 2.42. The molecular weight excluding hydrogens is 522 g/mol. The molecule has 14 heteroatoms. The van der Waals surface area contributed by atoms with Gasteiger partial charge in [0.05, 0.1) is 42.0 Å². The van der Waals surface area contributed by atoms with Crippen molar-refractivity contribution < 1.29 is 45.3 Å². The van der Waals surface area contributed by atoms with E-state index in [0.29, 0.717) is 11.5 Å². The summed E-state index contributed by atoms with van der Waals surface area (Å²) in [7, 11) is -4.28. The molecule has 9 nitrogen and oxygen atoms in total. The van der Waals surface area contributed by atoms with Gasteiger partial charge in [-0.05, 0) is 48.5 Å². The normalized spacial score (nSPS) is 21.5. The summed E-state index contributed by atoms with van der Waals surface area (Å²) in [5.41, 5.74) is 0.266. The molecule has 37 heavy (non-hydrogen) atoms. The minimum atomic E-state index is -4.92. The Morgan fingerprint density at radius 1 is 1.08 bits per heavy atom. The van der Waals surface area contributed by atoms with Gasteiger partial charge in [0.15, 0.2) is 17.3 Å². The number of anilines is 2. The molecule has 1 aromatic heterocycles. The fraction of sp³-hybridized carbons (Fsp3) is 0.261. The zero-order chi connectivity index (χ0) is 26.4. The van der Waals surface area contributed by atoms with Crippen LogP contribution in [-0.4, -0.2) is 56.3 Å². The van der Waals surface area contributed by atoms with Gasteiger partial charge in [-0.25, -0.2) is 22.5 Å². The van der Waals surface area contributed by atoms with Crippen LogP contribution in [0, 0.1) is 5.82 Å². The Balaban J connectivity index is 1.41. The van der Waals surface area contributed by atoms with Crippen molar-refractivity contribution in [1.29, 1.82) is 0 Å². The molecule has 2 aromatic carbocycles. The number of pyridine rings is 1. The first-order valence-corrected chi connectivity index (χ1v) is 12.4. The number of hydrogen-bond donors (Lipinski definition) is 2. The number of nitrogens with one attached hydrogen (secondary N) is 1. The number of aliphatic hydroxyl groups is 1. The van der Waals surface area contributed by atoms with Crippen LogP contribution in [0.2, 0.25) is 0 Å². The van der Waals surface area contributed by atoms with Crippen molar-refractivity contribution in [3.63, 3.8) is 0 Å². The molecule has 0 spiro atoms. The lowest BCUT2D eigenvalue weighted by molar-refractivity contribution is -0.274. The van der Waals surface area contributed by atoms with E-state index < -0.39 is 46.1 Å². The smallest absolute Gasteiger partial charge is 0.451 e. The van der Waals surface area contributed by atoms with Gasteiger partial charge in [-0.15, -0.1) is 13.2 Å². The van der Waals surface area contributed by atoms with Crippen molar-refractivity contribution in [3.05, 3.63) is 66.6 Å². The third kappa shape index (κ3) is 5.18. The molecule has 3 heterocycles. The van der Waals surface area contributed by atoms with E-state index in [1.165, 1.54) is 29.3 Å². The van der Waals surface area contributed by atoms with Crippen molar-refractivity contribution in [2.45, 2.75) is 29.4 Å². The van der Waals surface area contributed by atoms with Gasteiger partial charge in [0.1, 0.15) is 11.6 Å². The largest absolute Gasteiger partial charge is 0.573 e.